The third-order valence-electron chi connectivity index (χ3n) is 6.22. The van der Waals surface area contributed by atoms with E-state index in [1.165, 1.54) is 69.4 Å². The van der Waals surface area contributed by atoms with Gasteiger partial charge in [-0.3, -0.25) is 0 Å². The molecule has 1 aliphatic carbocycles. The maximum atomic E-state index is 5.82. The van der Waals surface area contributed by atoms with Gasteiger partial charge in [0.25, 0.3) is 0 Å². The van der Waals surface area contributed by atoms with Gasteiger partial charge < -0.3 is 14.6 Å². The number of hydrogen-bond donors (Lipinski definition) is 1. The molecule has 3 rings (SSSR count). The first-order valence-corrected chi connectivity index (χ1v) is 10.6. The van der Waals surface area contributed by atoms with E-state index in [2.05, 4.69) is 36.9 Å². The second-order valence-electron chi connectivity index (χ2n) is 8.00. The SMILES string of the molecule is CCOC1CCC(c2cnc([C@@H](C)CC3CCCCN3)n2CC)CC1. The Hall–Kier alpha value is -0.870. The molecule has 0 spiro atoms. The van der Waals surface area contributed by atoms with E-state index in [1.807, 2.05) is 0 Å². The average molecular weight is 348 g/mol. The van der Waals surface area contributed by atoms with Crippen molar-refractivity contribution >= 4 is 0 Å². The van der Waals surface area contributed by atoms with E-state index in [0.29, 0.717) is 24.0 Å². The molecule has 4 nitrogen and oxygen atoms in total. The monoisotopic (exact) mass is 347 g/mol. The van der Waals surface area contributed by atoms with Gasteiger partial charge in [-0.2, -0.15) is 0 Å². The number of imidazole rings is 1. The van der Waals surface area contributed by atoms with E-state index in [9.17, 15) is 0 Å². The van der Waals surface area contributed by atoms with Crippen molar-refractivity contribution in [1.29, 1.82) is 0 Å². The quantitative estimate of drug-likeness (QED) is 0.783. The summed E-state index contributed by atoms with van der Waals surface area (Å²) in [5.74, 6) is 2.50. The second kappa shape index (κ2) is 9.18. The first-order valence-electron chi connectivity index (χ1n) is 10.6. The predicted molar refractivity (Wildman–Crippen MR) is 103 cm³/mol. The van der Waals surface area contributed by atoms with Crippen LogP contribution < -0.4 is 5.32 Å². The number of nitrogens with one attached hydrogen (secondary N) is 1. The minimum Gasteiger partial charge on any atom is -0.379 e. The summed E-state index contributed by atoms with van der Waals surface area (Å²) in [6.45, 7) is 9.81. The minimum atomic E-state index is 0.481. The molecule has 1 aromatic rings. The number of piperidine rings is 1. The molecule has 2 fully saturated rings. The van der Waals surface area contributed by atoms with Gasteiger partial charge in [0.2, 0.25) is 0 Å². The van der Waals surface area contributed by atoms with Crippen molar-refractivity contribution in [3.8, 4) is 0 Å². The number of ether oxygens (including phenoxy) is 1. The molecule has 0 radical (unpaired) electrons. The Bertz CT molecular complexity index is 513. The smallest absolute Gasteiger partial charge is 0.111 e. The highest BCUT2D eigenvalue weighted by atomic mass is 16.5. The van der Waals surface area contributed by atoms with Gasteiger partial charge in [0.15, 0.2) is 0 Å². The molecule has 1 saturated carbocycles. The Morgan fingerprint density at radius 2 is 2.00 bits per heavy atom. The Morgan fingerprint density at radius 3 is 2.64 bits per heavy atom. The lowest BCUT2D eigenvalue weighted by Gasteiger charge is -2.29. The van der Waals surface area contributed by atoms with Crippen LogP contribution in [-0.4, -0.2) is 34.8 Å². The molecule has 4 heteroatoms. The van der Waals surface area contributed by atoms with E-state index < -0.39 is 0 Å². The van der Waals surface area contributed by atoms with Crippen molar-refractivity contribution in [2.45, 2.75) is 103 Å². The summed E-state index contributed by atoms with van der Waals surface area (Å²) in [5.41, 5.74) is 1.47. The van der Waals surface area contributed by atoms with Crippen LogP contribution in [0.1, 0.15) is 95.5 Å². The lowest BCUT2D eigenvalue weighted by atomic mass is 9.85. The third-order valence-corrected chi connectivity index (χ3v) is 6.22. The van der Waals surface area contributed by atoms with Crippen LogP contribution in [-0.2, 0) is 11.3 Å². The van der Waals surface area contributed by atoms with Crippen molar-refractivity contribution < 1.29 is 4.74 Å². The number of aromatic nitrogens is 2. The second-order valence-corrected chi connectivity index (χ2v) is 8.00. The van der Waals surface area contributed by atoms with Gasteiger partial charge in [-0.25, -0.2) is 4.98 Å². The average Bonchev–Trinajstić information content (AvgIpc) is 3.07. The number of hydrogen-bond acceptors (Lipinski definition) is 3. The normalized spacial score (nSPS) is 28.8. The zero-order chi connectivity index (χ0) is 17.6. The summed E-state index contributed by atoms with van der Waals surface area (Å²) in [5, 5.41) is 3.69. The minimum absolute atomic E-state index is 0.481. The maximum Gasteiger partial charge on any atom is 0.111 e. The summed E-state index contributed by atoms with van der Waals surface area (Å²) < 4.78 is 8.34. The zero-order valence-corrected chi connectivity index (χ0v) is 16.5. The fraction of sp³-hybridized carbons (Fsp3) is 0.857. The third kappa shape index (κ3) is 4.65. The maximum absolute atomic E-state index is 5.82. The number of nitrogens with zero attached hydrogens (tertiary/aromatic N) is 2. The molecule has 0 aromatic carbocycles. The molecule has 25 heavy (non-hydrogen) atoms. The molecule has 1 unspecified atom stereocenters. The molecule has 1 N–H and O–H groups in total. The zero-order valence-electron chi connectivity index (χ0n) is 16.5. The fourth-order valence-electron chi connectivity index (χ4n) is 4.89. The van der Waals surface area contributed by atoms with E-state index in [0.717, 1.165) is 13.2 Å². The van der Waals surface area contributed by atoms with Crippen molar-refractivity contribution in [2.24, 2.45) is 0 Å². The molecule has 0 amide bonds. The Balaban J connectivity index is 1.64. The van der Waals surface area contributed by atoms with Crippen LogP contribution >= 0.6 is 0 Å². The van der Waals surface area contributed by atoms with Crippen molar-refractivity contribution in [1.82, 2.24) is 14.9 Å². The summed E-state index contributed by atoms with van der Waals surface area (Å²) in [6, 6.07) is 0.677. The Morgan fingerprint density at radius 1 is 1.20 bits per heavy atom. The van der Waals surface area contributed by atoms with Crippen molar-refractivity contribution in [3.05, 3.63) is 17.7 Å². The summed E-state index contributed by atoms with van der Waals surface area (Å²) in [6.07, 6.45) is 12.8. The summed E-state index contributed by atoms with van der Waals surface area (Å²) in [7, 11) is 0. The van der Waals surface area contributed by atoms with E-state index in [1.54, 1.807) is 0 Å². The van der Waals surface area contributed by atoms with Gasteiger partial charge in [0, 0.05) is 42.9 Å². The van der Waals surface area contributed by atoms with Crippen LogP contribution in [0.4, 0.5) is 0 Å². The van der Waals surface area contributed by atoms with Gasteiger partial charge in [0.1, 0.15) is 5.82 Å². The molecule has 142 valence electrons. The molecule has 2 aliphatic rings. The van der Waals surface area contributed by atoms with E-state index >= 15 is 0 Å². The molecule has 1 saturated heterocycles. The lowest BCUT2D eigenvalue weighted by molar-refractivity contribution is 0.0323. The Kier molecular flexibility index (Phi) is 6.94. The van der Waals surface area contributed by atoms with E-state index in [-0.39, 0.29) is 0 Å². The van der Waals surface area contributed by atoms with Gasteiger partial charge >= 0.3 is 0 Å². The van der Waals surface area contributed by atoms with Crippen LogP contribution in [0.2, 0.25) is 0 Å². The van der Waals surface area contributed by atoms with Gasteiger partial charge in [0.05, 0.1) is 6.10 Å². The van der Waals surface area contributed by atoms with Gasteiger partial charge in [-0.15, -0.1) is 0 Å². The molecule has 1 aromatic heterocycles. The molecule has 2 atom stereocenters. The van der Waals surface area contributed by atoms with Crippen molar-refractivity contribution in [3.63, 3.8) is 0 Å². The molecular formula is C21H37N3O. The van der Waals surface area contributed by atoms with Crippen LogP contribution in [0, 0.1) is 0 Å². The summed E-state index contributed by atoms with van der Waals surface area (Å²) >= 11 is 0. The largest absolute Gasteiger partial charge is 0.379 e. The molecular weight excluding hydrogens is 310 g/mol. The first kappa shape index (κ1) is 18.9. The predicted octanol–water partition coefficient (Wildman–Crippen LogP) is 4.60. The molecule has 1 aliphatic heterocycles. The molecule has 0 bridgehead atoms. The van der Waals surface area contributed by atoms with E-state index in [4.69, 9.17) is 9.72 Å². The standard InChI is InChI=1S/C21H37N3O/c1-4-24-20(17-9-11-19(12-10-17)25-5-2)15-23-21(24)16(3)14-18-8-6-7-13-22-18/h15-19,22H,4-14H2,1-3H3/t16-,17?,18?,19?/m0/s1. The van der Waals surface area contributed by atoms with Crippen LogP contribution in [0.15, 0.2) is 6.20 Å². The number of rotatable bonds is 7. The highest BCUT2D eigenvalue weighted by Gasteiger charge is 2.27. The highest BCUT2D eigenvalue weighted by molar-refractivity contribution is 5.15. The highest BCUT2D eigenvalue weighted by Crippen LogP contribution is 2.36. The first-order chi connectivity index (χ1) is 12.2. The van der Waals surface area contributed by atoms with Crippen molar-refractivity contribution in [2.75, 3.05) is 13.2 Å². The van der Waals surface area contributed by atoms with Crippen LogP contribution in [0.5, 0.6) is 0 Å². The molecule has 2 heterocycles. The fourth-order valence-corrected chi connectivity index (χ4v) is 4.89. The Labute approximate surface area is 153 Å². The summed E-state index contributed by atoms with van der Waals surface area (Å²) in [4.78, 5) is 4.89. The van der Waals surface area contributed by atoms with Crippen LogP contribution in [0.25, 0.3) is 0 Å². The lowest BCUT2D eigenvalue weighted by Crippen LogP contribution is -2.35. The van der Waals surface area contributed by atoms with Crippen LogP contribution in [0.3, 0.4) is 0 Å². The van der Waals surface area contributed by atoms with Gasteiger partial charge in [-0.1, -0.05) is 13.3 Å². The topological polar surface area (TPSA) is 39.1 Å². The van der Waals surface area contributed by atoms with Gasteiger partial charge in [-0.05, 0) is 65.3 Å².